The number of nitriles is 2. The lowest BCUT2D eigenvalue weighted by molar-refractivity contribution is 0.105. The first-order valence-corrected chi connectivity index (χ1v) is 7.98. The molecule has 0 spiro atoms. The minimum Gasteiger partial charge on any atom is -0.508 e. The summed E-state index contributed by atoms with van der Waals surface area (Å²) in [7, 11) is 0. The molecule has 0 fully saturated rings. The molecule has 0 saturated heterocycles. The summed E-state index contributed by atoms with van der Waals surface area (Å²) in [6, 6.07) is 15.1. The number of nitrogens with zero attached hydrogens (tertiary/aromatic N) is 4. The van der Waals surface area contributed by atoms with Gasteiger partial charge in [-0.3, -0.25) is 14.8 Å². The fourth-order valence-corrected chi connectivity index (χ4v) is 3.08. The van der Waals surface area contributed by atoms with Crippen LogP contribution >= 0.6 is 0 Å². The van der Waals surface area contributed by atoms with E-state index >= 15 is 0 Å². The van der Waals surface area contributed by atoms with Gasteiger partial charge in [-0.2, -0.15) is 10.5 Å². The molecule has 4 rings (SSSR count). The SMILES string of the molecule is N#CC(C#N)=C1C(=O)c2cc(-c3ccc(O)cc3)cnc2-c2ncccc21. The van der Waals surface area contributed by atoms with Gasteiger partial charge in [-0.05, 0) is 29.8 Å². The van der Waals surface area contributed by atoms with Crippen molar-refractivity contribution < 1.29 is 9.90 Å². The number of ketones is 1. The van der Waals surface area contributed by atoms with Crippen molar-refractivity contribution in [3.05, 3.63) is 71.6 Å². The van der Waals surface area contributed by atoms with E-state index < -0.39 is 5.78 Å². The Morgan fingerprint density at radius 2 is 1.63 bits per heavy atom. The second kappa shape index (κ2) is 6.21. The molecule has 126 valence electrons. The van der Waals surface area contributed by atoms with E-state index in [1.165, 1.54) is 0 Å². The maximum atomic E-state index is 13.1. The number of fused-ring (bicyclic) bond motifs is 3. The number of carbonyl (C=O) groups is 1. The van der Waals surface area contributed by atoms with Crippen LogP contribution in [-0.4, -0.2) is 20.9 Å². The summed E-state index contributed by atoms with van der Waals surface area (Å²) in [6.07, 6.45) is 3.20. The third-order valence-electron chi connectivity index (χ3n) is 4.33. The van der Waals surface area contributed by atoms with E-state index in [4.69, 9.17) is 0 Å². The van der Waals surface area contributed by atoms with Gasteiger partial charge in [0.1, 0.15) is 29.2 Å². The van der Waals surface area contributed by atoms with Gasteiger partial charge in [0.25, 0.3) is 0 Å². The number of benzene rings is 1. The van der Waals surface area contributed by atoms with E-state index in [0.29, 0.717) is 22.5 Å². The second-order valence-electron chi connectivity index (χ2n) is 5.87. The Balaban J connectivity index is 1.99. The number of allylic oxidation sites excluding steroid dienone is 2. The Kier molecular flexibility index (Phi) is 3.73. The number of pyridine rings is 2. The Bertz CT molecular complexity index is 1200. The van der Waals surface area contributed by atoms with Crippen molar-refractivity contribution in [2.75, 3.05) is 0 Å². The minimum absolute atomic E-state index is 0.0419. The van der Waals surface area contributed by atoms with Gasteiger partial charge in [-0.25, -0.2) is 0 Å². The summed E-state index contributed by atoms with van der Waals surface area (Å²) in [5.74, 6) is -0.298. The molecular weight excluding hydrogens is 340 g/mol. The maximum Gasteiger partial charge on any atom is 0.198 e. The third kappa shape index (κ3) is 2.53. The zero-order chi connectivity index (χ0) is 19.0. The Morgan fingerprint density at radius 3 is 2.33 bits per heavy atom. The molecule has 0 unspecified atom stereocenters. The zero-order valence-electron chi connectivity index (χ0n) is 13.8. The number of phenolic OH excluding ortho intramolecular Hbond substituents is 1. The molecule has 0 amide bonds. The van der Waals surface area contributed by atoms with Gasteiger partial charge in [0.2, 0.25) is 0 Å². The van der Waals surface area contributed by atoms with Crippen molar-refractivity contribution in [2.45, 2.75) is 0 Å². The highest BCUT2D eigenvalue weighted by Gasteiger charge is 2.32. The van der Waals surface area contributed by atoms with Crippen LogP contribution in [0, 0.1) is 22.7 Å². The number of hydrogen-bond acceptors (Lipinski definition) is 6. The molecule has 1 aromatic carbocycles. The Morgan fingerprint density at radius 1 is 0.926 bits per heavy atom. The number of aromatic nitrogens is 2. The van der Waals surface area contributed by atoms with Gasteiger partial charge in [0.15, 0.2) is 5.78 Å². The molecule has 0 radical (unpaired) electrons. The van der Waals surface area contributed by atoms with Crippen LogP contribution in [-0.2, 0) is 0 Å². The van der Waals surface area contributed by atoms with Gasteiger partial charge < -0.3 is 5.11 Å². The number of aromatic hydroxyl groups is 1. The van der Waals surface area contributed by atoms with Crippen molar-refractivity contribution >= 4 is 11.4 Å². The molecule has 3 aromatic rings. The summed E-state index contributed by atoms with van der Waals surface area (Å²) in [5, 5.41) is 28.0. The number of carbonyl (C=O) groups excluding carboxylic acids is 1. The van der Waals surface area contributed by atoms with Crippen molar-refractivity contribution in [2.24, 2.45) is 0 Å². The molecule has 0 atom stereocenters. The van der Waals surface area contributed by atoms with Gasteiger partial charge in [-0.15, -0.1) is 0 Å². The zero-order valence-corrected chi connectivity index (χ0v) is 13.8. The summed E-state index contributed by atoms with van der Waals surface area (Å²) < 4.78 is 0. The lowest BCUT2D eigenvalue weighted by Gasteiger charge is -2.20. The molecule has 2 heterocycles. The summed E-state index contributed by atoms with van der Waals surface area (Å²) >= 11 is 0. The third-order valence-corrected chi connectivity index (χ3v) is 4.33. The first-order chi connectivity index (χ1) is 13.1. The first-order valence-electron chi connectivity index (χ1n) is 7.98. The molecule has 1 aliphatic rings. The molecule has 6 nitrogen and oxygen atoms in total. The van der Waals surface area contributed by atoms with E-state index in [1.54, 1.807) is 67.0 Å². The maximum absolute atomic E-state index is 13.1. The van der Waals surface area contributed by atoms with Gasteiger partial charge in [-0.1, -0.05) is 18.2 Å². The molecule has 27 heavy (non-hydrogen) atoms. The van der Waals surface area contributed by atoms with Gasteiger partial charge >= 0.3 is 0 Å². The highest BCUT2D eigenvalue weighted by molar-refractivity contribution is 6.35. The van der Waals surface area contributed by atoms with Crippen molar-refractivity contribution in [3.63, 3.8) is 0 Å². The summed E-state index contributed by atoms with van der Waals surface area (Å²) in [5.41, 5.74) is 2.82. The van der Waals surface area contributed by atoms with Crippen LogP contribution in [0.2, 0.25) is 0 Å². The van der Waals surface area contributed by atoms with Gasteiger partial charge in [0.05, 0.1) is 16.8 Å². The number of Topliss-reactive ketones (excluding diaryl/α,β-unsaturated/α-hetero) is 1. The Labute approximate surface area is 154 Å². The molecule has 0 saturated carbocycles. The normalized spacial score (nSPS) is 11.8. The van der Waals surface area contributed by atoms with E-state index in [-0.39, 0.29) is 22.5 Å². The summed E-state index contributed by atoms with van der Waals surface area (Å²) in [6.45, 7) is 0. The number of hydrogen-bond donors (Lipinski definition) is 1. The standard InChI is InChI=1S/C21H10N4O2/c22-9-14(10-23)18-16-2-1-7-24-19(16)20-17(21(18)27)8-13(11-25-20)12-3-5-15(26)6-4-12/h1-8,11,26H. The molecule has 1 N–H and O–H groups in total. The fourth-order valence-electron chi connectivity index (χ4n) is 3.08. The van der Waals surface area contributed by atoms with Crippen LogP contribution in [0.4, 0.5) is 0 Å². The predicted octanol–water partition coefficient (Wildman–Crippen LogP) is 3.51. The average Bonchev–Trinajstić information content (AvgIpc) is 2.71. The lowest BCUT2D eigenvalue weighted by atomic mass is 9.84. The molecule has 0 aliphatic heterocycles. The van der Waals surface area contributed by atoms with Crippen LogP contribution in [0.3, 0.4) is 0 Å². The quantitative estimate of drug-likeness (QED) is 0.531. The number of phenols is 1. The van der Waals surface area contributed by atoms with Crippen LogP contribution in [0.5, 0.6) is 5.75 Å². The lowest BCUT2D eigenvalue weighted by Crippen LogP contribution is -2.15. The fraction of sp³-hybridized carbons (Fsp3) is 0. The highest BCUT2D eigenvalue weighted by Crippen LogP contribution is 2.39. The monoisotopic (exact) mass is 350 g/mol. The topological polar surface area (TPSA) is 111 Å². The molecule has 6 heteroatoms. The van der Waals surface area contributed by atoms with Crippen molar-refractivity contribution in [1.82, 2.24) is 9.97 Å². The molecular formula is C21H10N4O2. The van der Waals surface area contributed by atoms with Gasteiger partial charge in [0, 0.05) is 23.5 Å². The average molecular weight is 350 g/mol. The van der Waals surface area contributed by atoms with E-state index in [0.717, 1.165) is 5.56 Å². The molecule has 2 aromatic heterocycles. The minimum atomic E-state index is -0.434. The highest BCUT2D eigenvalue weighted by atomic mass is 16.3. The number of rotatable bonds is 1. The van der Waals surface area contributed by atoms with Crippen molar-refractivity contribution in [1.29, 1.82) is 10.5 Å². The van der Waals surface area contributed by atoms with E-state index in [2.05, 4.69) is 9.97 Å². The Hall–Kier alpha value is -4.29. The predicted molar refractivity (Wildman–Crippen MR) is 97.0 cm³/mol. The largest absolute Gasteiger partial charge is 0.508 e. The van der Waals surface area contributed by atoms with Crippen LogP contribution < -0.4 is 0 Å². The molecule has 0 bridgehead atoms. The van der Waals surface area contributed by atoms with Crippen LogP contribution in [0.1, 0.15) is 15.9 Å². The first kappa shape index (κ1) is 16.2. The van der Waals surface area contributed by atoms with Crippen molar-refractivity contribution in [3.8, 4) is 40.4 Å². The van der Waals surface area contributed by atoms with Crippen LogP contribution in [0.15, 0.2) is 60.4 Å². The molecule has 1 aliphatic carbocycles. The summed E-state index contributed by atoms with van der Waals surface area (Å²) in [4.78, 5) is 21.8. The smallest absolute Gasteiger partial charge is 0.198 e. The van der Waals surface area contributed by atoms with E-state index in [9.17, 15) is 20.4 Å². The van der Waals surface area contributed by atoms with Crippen LogP contribution in [0.25, 0.3) is 28.1 Å². The second-order valence-corrected chi connectivity index (χ2v) is 5.87. The van der Waals surface area contributed by atoms with E-state index in [1.807, 2.05) is 0 Å².